The Hall–Kier alpha value is -2.25. The van der Waals surface area contributed by atoms with Gasteiger partial charge in [-0.1, -0.05) is 6.07 Å². The third kappa shape index (κ3) is 5.69. The highest BCUT2D eigenvalue weighted by Crippen LogP contribution is 2.30. The van der Waals surface area contributed by atoms with Crippen molar-refractivity contribution in [3.8, 4) is 11.5 Å². The van der Waals surface area contributed by atoms with Gasteiger partial charge in [-0.05, 0) is 44.5 Å². The second-order valence-corrected chi connectivity index (χ2v) is 8.49. The standard InChI is InChI=1S/C23H32O11/c1-10-17(26)18(27)22(11(2)31-10)34-23-20(29)19(28)21(12(3)32-23)33-16(25)8-6-13-5-7-14(24)15(9-13)30-4/h5-12,17-24,26-29H,1-4H3/b8-6+. The fourth-order valence-electron chi connectivity index (χ4n) is 4.01. The Labute approximate surface area is 197 Å². The maximum atomic E-state index is 12.3. The van der Waals surface area contributed by atoms with E-state index in [0.29, 0.717) is 5.56 Å². The molecule has 190 valence electrons. The lowest BCUT2D eigenvalue weighted by molar-refractivity contribution is -0.334. The highest BCUT2D eigenvalue weighted by molar-refractivity contribution is 5.87. The predicted octanol–water partition coefficient (Wildman–Crippen LogP) is -0.293. The maximum absolute atomic E-state index is 12.3. The van der Waals surface area contributed by atoms with Crippen molar-refractivity contribution in [1.29, 1.82) is 0 Å². The second kappa shape index (κ2) is 11.0. The zero-order valence-electron chi connectivity index (χ0n) is 19.3. The summed E-state index contributed by atoms with van der Waals surface area (Å²) in [5, 5.41) is 51.1. The predicted molar refractivity (Wildman–Crippen MR) is 117 cm³/mol. The molecule has 1 aromatic rings. The van der Waals surface area contributed by atoms with E-state index in [4.69, 9.17) is 23.7 Å². The number of hydrogen-bond acceptors (Lipinski definition) is 11. The number of phenols is 1. The summed E-state index contributed by atoms with van der Waals surface area (Å²) in [7, 11) is 1.40. The van der Waals surface area contributed by atoms with E-state index in [0.717, 1.165) is 6.08 Å². The molecule has 0 aliphatic carbocycles. The molecular formula is C23H32O11. The van der Waals surface area contributed by atoms with Gasteiger partial charge in [0.05, 0.1) is 25.4 Å². The topological polar surface area (TPSA) is 164 Å². The minimum Gasteiger partial charge on any atom is -0.504 e. The van der Waals surface area contributed by atoms with Gasteiger partial charge in [0, 0.05) is 6.08 Å². The first-order valence-electron chi connectivity index (χ1n) is 11.0. The molecule has 3 rings (SSSR count). The molecule has 0 bridgehead atoms. The Morgan fingerprint density at radius 3 is 2.24 bits per heavy atom. The number of methoxy groups -OCH3 is 1. The number of carbonyl (C=O) groups excluding carboxylic acids is 1. The minimum absolute atomic E-state index is 0.0463. The van der Waals surface area contributed by atoms with Crippen molar-refractivity contribution in [2.24, 2.45) is 0 Å². The Bertz CT molecular complexity index is 874. The van der Waals surface area contributed by atoms with Crippen LogP contribution in [-0.2, 0) is 23.7 Å². The quantitative estimate of drug-likeness (QED) is 0.266. The molecule has 11 heteroatoms. The average Bonchev–Trinajstić information content (AvgIpc) is 2.80. The smallest absolute Gasteiger partial charge is 0.331 e. The molecule has 10 unspecified atom stereocenters. The third-order valence-corrected chi connectivity index (χ3v) is 6.00. The first-order valence-corrected chi connectivity index (χ1v) is 11.0. The van der Waals surface area contributed by atoms with Crippen LogP contribution < -0.4 is 4.74 Å². The average molecular weight is 484 g/mol. The number of esters is 1. The molecule has 0 amide bonds. The van der Waals surface area contributed by atoms with Crippen LogP contribution in [0.3, 0.4) is 0 Å². The number of aliphatic hydroxyl groups excluding tert-OH is 4. The molecular weight excluding hydrogens is 452 g/mol. The van der Waals surface area contributed by atoms with Crippen molar-refractivity contribution in [3.05, 3.63) is 29.8 Å². The van der Waals surface area contributed by atoms with Gasteiger partial charge in [0.1, 0.15) is 30.5 Å². The molecule has 2 aliphatic rings. The van der Waals surface area contributed by atoms with E-state index < -0.39 is 67.2 Å². The Morgan fingerprint density at radius 1 is 0.912 bits per heavy atom. The van der Waals surface area contributed by atoms with Gasteiger partial charge in [0.15, 0.2) is 23.9 Å². The van der Waals surface area contributed by atoms with Crippen molar-refractivity contribution in [1.82, 2.24) is 0 Å². The van der Waals surface area contributed by atoms with E-state index in [1.165, 1.54) is 32.2 Å². The van der Waals surface area contributed by atoms with Gasteiger partial charge < -0.3 is 49.2 Å². The van der Waals surface area contributed by atoms with E-state index in [2.05, 4.69) is 0 Å². The zero-order valence-corrected chi connectivity index (χ0v) is 19.3. The largest absolute Gasteiger partial charge is 0.504 e. The van der Waals surface area contributed by atoms with Crippen molar-refractivity contribution in [2.75, 3.05) is 7.11 Å². The zero-order chi connectivity index (χ0) is 25.2. The Kier molecular flexibility index (Phi) is 8.52. The van der Waals surface area contributed by atoms with Crippen LogP contribution in [0.2, 0.25) is 0 Å². The molecule has 34 heavy (non-hydrogen) atoms. The van der Waals surface area contributed by atoms with Gasteiger partial charge in [-0.3, -0.25) is 0 Å². The van der Waals surface area contributed by atoms with E-state index in [-0.39, 0.29) is 11.5 Å². The van der Waals surface area contributed by atoms with Crippen LogP contribution in [0.5, 0.6) is 11.5 Å². The SMILES string of the molecule is COc1cc(/C=C/C(=O)OC2C(C)OC(OC3C(C)OC(C)C(O)C3O)C(O)C2O)ccc1O. The first-order chi connectivity index (χ1) is 16.0. The number of hydrogen-bond donors (Lipinski definition) is 5. The van der Waals surface area contributed by atoms with E-state index in [1.807, 2.05) is 0 Å². The second-order valence-electron chi connectivity index (χ2n) is 8.49. The monoisotopic (exact) mass is 484 g/mol. The summed E-state index contributed by atoms with van der Waals surface area (Å²) in [4.78, 5) is 12.3. The number of aliphatic hydroxyl groups is 4. The van der Waals surface area contributed by atoms with Crippen molar-refractivity contribution in [3.63, 3.8) is 0 Å². The van der Waals surface area contributed by atoms with Gasteiger partial charge in [-0.25, -0.2) is 4.79 Å². The lowest BCUT2D eigenvalue weighted by Gasteiger charge is -2.45. The number of rotatable bonds is 6. The van der Waals surface area contributed by atoms with Crippen molar-refractivity contribution >= 4 is 12.0 Å². The number of aromatic hydroxyl groups is 1. The molecule has 2 heterocycles. The molecule has 2 saturated heterocycles. The molecule has 1 aromatic carbocycles. The van der Waals surface area contributed by atoms with Crippen LogP contribution in [0.1, 0.15) is 26.3 Å². The fourth-order valence-corrected chi connectivity index (χ4v) is 4.01. The van der Waals surface area contributed by atoms with Crippen LogP contribution >= 0.6 is 0 Å². The molecule has 0 radical (unpaired) electrons. The summed E-state index contributed by atoms with van der Waals surface area (Å²) in [5.74, 6) is -0.603. The molecule has 5 N–H and O–H groups in total. The molecule has 2 aliphatic heterocycles. The summed E-state index contributed by atoms with van der Waals surface area (Å²) in [6, 6.07) is 4.50. The molecule has 10 atom stereocenters. The van der Waals surface area contributed by atoms with E-state index in [1.54, 1.807) is 19.9 Å². The lowest BCUT2D eigenvalue weighted by atomic mass is 9.95. The Morgan fingerprint density at radius 2 is 1.56 bits per heavy atom. The lowest BCUT2D eigenvalue weighted by Crippen LogP contribution is -2.63. The Balaban J connectivity index is 1.61. The molecule has 0 aromatic heterocycles. The van der Waals surface area contributed by atoms with Crippen LogP contribution in [-0.4, -0.2) is 99.8 Å². The molecule has 11 nitrogen and oxygen atoms in total. The van der Waals surface area contributed by atoms with Crippen molar-refractivity contribution in [2.45, 2.75) is 82.0 Å². The van der Waals surface area contributed by atoms with Gasteiger partial charge in [-0.15, -0.1) is 0 Å². The summed E-state index contributed by atoms with van der Waals surface area (Å²) in [6.07, 6.45) is -8.73. The highest BCUT2D eigenvalue weighted by atomic mass is 16.7. The molecule has 2 fully saturated rings. The van der Waals surface area contributed by atoms with Crippen LogP contribution in [0.15, 0.2) is 24.3 Å². The maximum Gasteiger partial charge on any atom is 0.331 e. The molecule has 0 spiro atoms. The number of carbonyl (C=O) groups is 1. The van der Waals surface area contributed by atoms with Gasteiger partial charge >= 0.3 is 5.97 Å². The van der Waals surface area contributed by atoms with Crippen LogP contribution in [0.25, 0.3) is 6.08 Å². The van der Waals surface area contributed by atoms with Crippen molar-refractivity contribution < 1.29 is 54.0 Å². The highest BCUT2D eigenvalue weighted by Gasteiger charge is 2.49. The fraction of sp³-hybridized carbons (Fsp3) is 0.609. The summed E-state index contributed by atoms with van der Waals surface area (Å²) >= 11 is 0. The van der Waals surface area contributed by atoms with Gasteiger partial charge in [-0.2, -0.15) is 0 Å². The van der Waals surface area contributed by atoms with E-state index in [9.17, 15) is 30.3 Å². The summed E-state index contributed by atoms with van der Waals surface area (Å²) in [5.41, 5.74) is 0.562. The molecule has 0 saturated carbocycles. The number of ether oxygens (including phenoxy) is 5. The normalized spacial score (nSPS) is 38.6. The summed E-state index contributed by atoms with van der Waals surface area (Å²) in [6.45, 7) is 4.79. The van der Waals surface area contributed by atoms with Gasteiger partial charge in [0.2, 0.25) is 0 Å². The summed E-state index contributed by atoms with van der Waals surface area (Å²) < 4.78 is 27.1. The van der Waals surface area contributed by atoms with E-state index >= 15 is 0 Å². The number of benzene rings is 1. The third-order valence-electron chi connectivity index (χ3n) is 6.00. The van der Waals surface area contributed by atoms with Gasteiger partial charge in [0.25, 0.3) is 0 Å². The van der Waals surface area contributed by atoms with Crippen LogP contribution in [0.4, 0.5) is 0 Å². The number of phenolic OH excluding ortho intramolecular Hbond substituents is 1. The first kappa shape index (κ1) is 26.4. The minimum atomic E-state index is -1.60. The van der Waals surface area contributed by atoms with Crippen LogP contribution in [0, 0.1) is 0 Å².